The number of aliphatic imine (C=N–C) groups is 1. The van der Waals surface area contributed by atoms with E-state index in [1.165, 1.54) is 0 Å². The smallest absolute Gasteiger partial charge is 0.235 e. The standard InChI is InChI=1S/C15H19NO2/c1-14(2,3)11-6-5-7-12(13(11)18-4)15(8-9-15)16-10-17/h5-7H,8-9H2,1-4H3. The Labute approximate surface area is 108 Å². The zero-order valence-electron chi connectivity index (χ0n) is 11.4. The van der Waals surface area contributed by atoms with Crippen LogP contribution in [-0.4, -0.2) is 13.2 Å². The summed E-state index contributed by atoms with van der Waals surface area (Å²) in [7, 11) is 1.68. The van der Waals surface area contributed by atoms with Crippen LogP contribution in [0.5, 0.6) is 5.75 Å². The van der Waals surface area contributed by atoms with E-state index in [1.54, 1.807) is 13.2 Å². The highest BCUT2D eigenvalue weighted by Gasteiger charge is 2.47. The number of rotatable bonds is 3. The number of carbonyl (C=O) groups excluding carboxylic acids is 1. The number of para-hydroxylation sites is 1. The normalized spacial score (nSPS) is 16.9. The van der Waals surface area contributed by atoms with Gasteiger partial charge in [-0.15, -0.1) is 0 Å². The number of hydrogen-bond acceptors (Lipinski definition) is 3. The van der Waals surface area contributed by atoms with Crippen molar-refractivity contribution >= 4 is 6.08 Å². The molecule has 0 radical (unpaired) electrons. The van der Waals surface area contributed by atoms with Gasteiger partial charge in [-0.3, -0.25) is 0 Å². The van der Waals surface area contributed by atoms with Crippen molar-refractivity contribution in [3.05, 3.63) is 29.3 Å². The fourth-order valence-electron chi connectivity index (χ4n) is 2.36. The van der Waals surface area contributed by atoms with E-state index in [1.807, 2.05) is 12.1 Å². The van der Waals surface area contributed by atoms with E-state index in [0.717, 1.165) is 29.7 Å². The highest BCUT2D eigenvalue weighted by atomic mass is 16.5. The van der Waals surface area contributed by atoms with Gasteiger partial charge < -0.3 is 4.74 Å². The number of benzene rings is 1. The molecule has 3 nitrogen and oxygen atoms in total. The van der Waals surface area contributed by atoms with Crippen LogP contribution in [0.3, 0.4) is 0 Å². The van der Waals surface area contributed by atoms with E-state index >= 15 is 0 Å². The van der Waals surface area contributed by atoms with Crippen LogP contribution in [-0.2, 0) is 15.7 Å². The molecular formula is C15H19NO2. The Morgan fingerprint density at radius 3 is 2.44 bits per heavy atom. The molecule has 3 heteroatoms. The molecule has 96 valence electrons. The summed E-state index contributed by atoms with van der Waals surface area (Å²) in [5.74, 6) is 0.862. The van der Waals surface area contributed by atoms with Crippen LogP contribution >= 0.6 is 0 Å². The third kappa shape index (κ3) is 2.06. The largest absolute Gasteiger partial charge is 0.496 e. The van der Waals surface area contributed by atoms with E-state index < -0.39 is 0 Å². The predicted octanol–water partition coefficient (Wildman–Crippen LogP) is 3.32. The molecule has 0 bridgehead atoms. The highest BCUT2D eigenvalue weighted by molar-refractivity contribution is 5.52. The van der Waals surface area contributed by atoms with Crippen LogP contribution in [0.25, 0.3) is 0 Å². The van der Waals surface area contributed by atoms with Gasteiger partial charge in [-0.1, -0.05) is 39.0 Å². The minimum Gasteiger partial charge on any atom is -0.496 e. The minimum atomic E-state index is -0.381. The molecule has 1 fully saturated rings. The fourth-order valence-corrected chi connectivity index (χ4v) is 2.36. The lowest BCUT2D eigenvalue weighted by Gasteiger charge is -2.25. The lowest BCUT2D eigenvalue weighted by atomic mass is 9.84. The molecule has 0 aromatic heterocycles. The molecule has 1 aliphatic rings. The number of hydrogen-bond donors (Lipinski definition) is 0. The molecule has 0 amide bonds. The van der Waals surface area contributed by atoms with Crippen molar-refractivity contribution in [1.29, 1.82) is 0 Å². The lowest BCUT2D eigenvalue weighted by Crippen LogP contribution is -2.16. The first kappa shape index (κ1) is 12.8. The molecule has 0 atom stereocenters. The second-order valence-electron chi connectivity index (χ2n) is 5.87. The summed E-state index contributed by atoms with van der Waals surface area (Å²) in [6.07, 6.45) is 3.49. The first-order valence-corrected chi connectivity index (χ1v) is 6.21. The highest BCUT2D eigenvalue weighted by Crippen LogP contribution is 2.53. The Balaban J connectivity index is 2.59. The second kappa shape index (κ2) is 4.25. The number of ether oxygens (including phenoxy) is 1. The van der Waals surface area contributed by atoms with Crippen molar-refractivity contribution in [2.45, 2.75) is 44.6 Å². The van der Waals surface area contributed by atoms with Crippen molar-refractivity contribution < 1.29 is 9.53 Å². The Kier molecular flexibility index (Phi) is 3.04. The molecule has 1 aromatic carbocycles. The van der Waals surface area contributed by atoms with Crippen LogP contribution in [0.1, 0.15) is 44.7 Å². The summed E-state index contributed by atoms with van der Waals surface area (Å²) < 4.78 is 5.59. The molecule has 0 N–H and O–H groups in total. The Hall–Kier alpha value is -1.60. The van der Waals surface area contributed by atoms with Crippen LogP contribution in [0, 0.1) is 0 Å². The maximum atomic E-state index is 10.6. The molecular weight excluding hydrogens is 226 g/mol. The van der Waals surface area contributed by atoms with Gasteiger partial charge in [0.15, 0.2) is 0 Å². The molecule has 0 aliphatic heterocycles. The summed E-state index contributed by atoms with van der Waals surface area (Å²) in [6, 6.07) is 6.09. The summed E-state index contributed by atoms with van der Waals surface area (Å²) in [4.78, 5) is 14.6. The molecule has 0 spiro atoms. The summed E-state index contributed by atoms with van der Waals surface area (Å²) >= 11 is 0. The van der Waals surface area contributed by atoms with Gasteiger partial charge in [-0.2, -0.15) is 4.99 Å². The maximum Gasteiger partial charge on any atom is 0.235 e. The van der Waals surface area contributed by atoms with Gasteiger partial charge in [0.25, 0.3) is 0 Å². The summed E-state index contributed by atoms with van der Waals surface area (Å²) in [5.41, 5.74) is 1.78. The average Bonchev–Trinajstić information content (AvgIpc) is 3.08. The lowest BCUT2D eigenvalue weighted by molar-refractivity contribution is 0.387. The fraction of sp³-hybridized carbons (Fsp3) is 0.533. The molecule has 0 heterocycles. The van der Waals surface area contributed by atoms with Gasteiger partial charge in [-0.05, 0) is 23.8 Å². The molecule has 1 saturated carbocycles. The number of isocyanates is 1. The van der Waals surface area contributed by atoms with Crippen LogP contribution in [0.2, 0.25) is 0 Å². The van der Waals surface area contributed by atoms with E-state index in [2.05, 4.69) is 31.8 Å². The molecule has 1 aliphatic carbocycles. The van der Waals surface area contributed by atoms with Crippen LogP contribution in [0.4, 0.5) is 0 Å². The third-order valence-corrected chi connectivity index (χ3v) is 3.51. The van der Waals surface area contributed by atoms with E-state index in [0.29, 0.717) is 0 Å². The van der Waals surface area contributed by atoms with Gasteiger partial charge in [0.05, 0.1) is 7.11 Å². The minimum absolute atomic E-state index is 0.00231. The molecule has 0 saturated heterocycles. The topological polar surface area (TPSA) is 38.7 Å². The molecule has 2 rings (SSSR count). The average molecular weight is 245 g/mol. The predicted molar refractivity (Wildman–Crippen MR) is 70.7 cm³/mol. The van der Waals surface area contributed by atoms with Gasteiger partial charge in [-0.25, -0.2) is 4.79 Å². The Bertz CT molecular complexity index is 504. The van der Waals surface area contributed by atoms with Gasteiger partial charge in [0.2, 0.25) is 6.08 Å². The SMILES string of the molecule is COc1c(C(C)(C)C)cccc1C1(N=C=O)CC1. The van der Waals surface area contributed by atoms with Crippen molar-refractivity contribution in [2.75, 3.05) is 7.11 Å². The van der Waals surface area contributed by atoms with Crippen molar-refractivity contribution in [3.8, 4) is 5.75 Å². The monoisotopic (exact) mass is 245 g/mol. The summed E-state index contributed by atoms with van der Waals surface area (Å²) in [6.45, 7) is 6.45. The quantitative estimate of drug-likeness (QED) is 0.605. The van der Waals surface area contributed by atoms with Crippen molar-refractivity contribution in [3.63, 3.8) is 0 Å². The van der Waals surface area contributed by atoms with Crippen molar-refractivity contribution in [2.24, 2.45) is 4.99 Å². The number of methoxy groups -OCH3 is 1. The van der Waals surface area contributed by atoms with Gasteiger partial charge in [0.1, 0.15) is 11.3 Å². The van der Waals surface area contributed by atoms with Gasteiger partial charge >= 0.3 is 0 Å². The Morgan fingerprint density at radius 2 is 2.00 bits per heavy atom. The van der Waals surface area contributed by atoms with E-state index in [4.69, 9.17) is 4.74 Å². The zero-order valence-corrected chi connectivity index (χ0v) is 11.4. The van der Waals surface area contributed by atoms with E-state index in [-0.39, 0.29) is 11.0 Å². The first-order valence-electron chi connectivity index (χ1n) is 6.21. The molecule has 18 heavy (non-hydrogen) atoms. The third-order valence-electron chi connectivity index (χ3n) is 3.51. The van der Waals surface area contributed by atoms with Crippen LogP contribution in [0.15, 0.2) is 23.2 Å². The summed E-state index contributed by atoms with van der Waals surface area (Å²) in [5, 5.41) is 0. The second-order valence-corrected chi connectivity index (χ2v) is 5.87. The molecule has 1 aromatic rings. The Morgan fingerprint density at radius 1 is 1.33 bits per heavy atom. The first-order chi connectivity index (χ1) is 8.44. The molecule has 0 unspecified atom stereocenters. The van der Waals surface area contributed by atoms with E-state index in [9.17, 15) is 4.79 Å². The number of nitrogens with zero attached hydrogens (tertiary/aromatic N) is 1. The van der Waals surface area contributed by atoms with Crippen LogP contribution < -0.4 is 4.74 Å². The van der Waals surface area contributed by atoms with Gasteiger partial charge in [0, 0.05) is 5.56 Å². The maximum absolute atomic E-state index is 10.6. The zero-order chi connectivity index (χ0) is 13.4. The van der Waals surface area contributed by atoms with Crippen molar-refractivity contribution in [1.82, 2.24) is 0 Å².